The molecule has 0 unspecified atom stereocenters. The number of rotatable bonds is 0. The zero-order valence-electron chi connectivity index (χ0n) is 11.0. The van der Waals surface area contributed by atoms with Gasteiger partial charge in [0, 0.05) is 6.42 Å². The van der Waals surface area contributed by atoms with Gasteiger partial charge < -0.3 is 4.74 Å². The molecule has 0 bridgehead atoms. The second-order valence-corrected chi connectivity index (χ2v) is 4.85. The number of allylic oxidation sites excluding steroid dienone is 2. The van der Waals surface area contributed by atoms with E-state index < -0.39 is 0 Å². The molecule has 0 saturated carbocycles. The van der Waals surface area contributed by atoms with Crippen molar-refractivity contribution < 1.29 is 9.53 Å². The SMILES string of the molecule is O=C1CCCCCCCC=CCCCCCO1. The van der Waals surface area contributed by atoms with Gasteiger partial charge in [0.05, 0.1) is 6.61 Å². The highest BCUT2D eigenvalue weighted by Crippen LogP contribution is 2.10. The highest BCUT2D eigenvalue weighted by Gasteiger charge is 2.02. The number of hydrogen-bond acceptors (Lipinski definition) is 2. The maximum Gasteiger partial charge on any atom is 0.305 e. The average molecular weight is 238 g/mol. The smallest absolute Gasteiger partial charge is 0.305 e. The van der Waals surface area contributed by atoms with Gasteiger partial charge in [-0.25, -0.2) is 0 Å². The van der Waals surface area contributed by atoms with Crippen molar-refractivity contribution in [3.05, 3.63) is 12.2 Å². The van der Waals surface area contributed by atoms with E-state index in [1.54, 1.807) is 0 Å². The number of carbonyl (C=O) groups excluding carboxylic acids is 1. The number of cyclic esters (lactones) is 1. The third-order valence-electron chi connectivity index (χ3n) is 3.20. The first kappa shape index (κ1) is 14.3. The van der Waals surface area contributed by atoms with Crippen molar-refractivity contribution in [2.24, 2.45) is 0 Å². The van der Waals surface area contributed by atoms with Gasteiger partial charge in [0.15, 0.2) is 0 Å². The monoisotopic (exact) mass is 238 g/mol. The van der Waals surface area contributed by atoms with Crippen LogP contribution in [0.4, 0.5) is 0 Å². The van der Waals surface area contributed by atoms with Crippen LogP contribution in [-0.4, -0.2) is 12.6 Å². The maximum absolute atomic E-state index is 11.3. The lowest BCUT2D eigenvalue weighted by Gasteiger charge is -2.05. The Kier molecular flexibility index (Phi) is 8.71. The molecule has 2 nitrogen and oxygen atoms in total. The Bertz CT molecular complexity index is 221. The largest absolute Gasteiger partial charge is 0.466 e. The van der Waals surface area contributed by atoms with Crippen molar-refractivity contribution in [2.75, 3.05) is 6.61 Å². The first-order valence-corrected chi connectivity index (χ1v) is 7.20. The molecule has 98 valence electrons. The van der Waals surface area contributed by atoms with Crippen LogP contribution in [0.5, 0.6) is 0 Å². The lowest BCUT2D eigenvalue weighted by molar-refractivity contribution is -0.143. The molecule has 1 heterocycles. The standard InChI is InChI=1S/C15H26O2/c16-15-13-11-9-7-5-3-1-2-4-6-8-10-12-14-17-15/h2,4H,1,3,5-14H2. The fraction of sp³-hybridized carbons (Fsp3) is 0.800. The summed E-state index contributed by atoms with van der Waals surface area (Å²) in [6.45, 7) is 0.614. The summed E-state index contributed by atoms with van der Waals surface area (Å²) in [5.41, 5.74) is 0. The van der Waals surface area contributed by atoms with Crippen molar-refractivity contribution in [3.8, 4) is 0 Å². The molecule has 0 aliphatic carbocycles. The van der Waals surface area contributed by atoms with E-state index in [-0.39, 0.29) is 5.97 Å². The van der Waals surface area contributed by atoms with Crippen LogP contribution in [0, 0.1) is 0 Å². The lowest BCUT2D eigenvalue weighted by atomic mass is 10.1. The number of esters is 1. The molecule has 1 rings (SSSR count). The van der Waals surface area contributed by atoms with E-state index in [0.29, 0.717) is 13.0 Å². The van der Waals surface area contributed by atoms with Gasteiger partial charge in [0.1, 0.15) is 0 Å². The highest BCUT2D eigenvalue weighted by atomic mass is 16.5. The topological polar surface area (TPSA) is 26.3 Å². The van der Waals surface area contributed by atoms with Gasteiger partial charge in [-0.3, -0.25) is 4.79 Å². The highest BCUT2D eigenvalue weighted by molar-refractivity contribution is 5.69. The third kappa shape index (κ3) is 8.96. The van der Waals surface area contributed by atoms with Gasteiger partial charge in [-0.2, -0.15) is 0 Å². The Balaban J connectivity index is 2.18. The van der Waals surface area contributed by atoms with Crippen LogP contribution in [0.1, 0.15) is 70.6 Å². The van der Waals surface area contributed by atoms with Gasteiger partial charge in [0.2, 0.25) is 0 Å². The minimum atomic E-state index is -0.00279. The van der Waals surface area contributed by atoms with Gasteiger partial charge in [-0.1, -0.05) is 31.4 Å². The predicted molar refractivity (Wildman–Crippen MR) is 70.9 cm³/mol. The summed E-state index contributed by atoms with van der Waals surface area (Å²) in [5.74, 6) is -0.00279. The molecule has 2 heteroatoms. The first-order chi connectivity index (χ1) is 8.39. The van der Waals surface area contributed by atoms with Crippen LogP contribution in [0.2, 0.25) is 0 Å². The van der Waals surface area contributed by atoms with Gasteiger partial charge in [-0.05, 0) is 44.9 Å². The fourth-order valence-electron chi connectivity index (χ4n) is 2.10. The number of ether oxygens (including phenoxy) is 1. The quantitative estimate of drug-likeness (QED) is 0.462. The normalized spacial score (nSPS) is 22.0. The molecule has 0 radical (unpaired) electrons. The maximum atomic E-state index is 11.3. The molecular weight excluding hydrogens is 212 g/mol. The summed E-state index contributed by atoms with van der Waals surface area (Å²) in [6, 6.07) is 0. The molecule has 0 amide bonds. The van der Waals surface area contributed by atoms with Crippen LogP contribution in [0.3, 0.4) is 0 Å². The van der Waals surface area contributed by atoms with E-state index in [1.807, 2.05) is 0 Å². The zero-order chi connectivity index (χ0) is 12.2. The summed E-state index contributed by atoms with van der Waals surface area (Å²) >= 11 is 0. The zero-order valence-corrected chi connectivity index (χ0v) is 11.0. The van der Waals surface area contributed by atoms with Crippen molar-refractivity contribution in [1.29, 1.82) is 0 Å². The second-order valence-electron chi connectivity index (χ2n) is 4.85. The van der Waals surface area contributed by atoms with Gasteiger partial charge in [-0.15, -0.1) is 0 Å². The Morgan fingerprint density at radius 1 is 0.765 bits per heavy atom. The molecule has 0 atom stereocenters. The molecule has 0 spiro atoms. The van der Waals surface area contributed by atoms with Crippen LogP contribution in [0.15, 0.2) is 12.2 Å². The molecule has 0 N–H and O–H groups in total. The van der Waals surface area contributed by atoms with Crippen molar-refractivity contribution in [1.82, 2.24) is 0 Å². The van der Waals surface area contributed by atoms with Crippen molar-refractivity contribution >= 4 is 5.97 Å². The van der Waals surface area contributed by atoms with E-state index in [9.17, 15) is 4.79 Å². The summed E-state index contributed by atoms with van der Waals surface area (Å²) in [6.07, 6.45) is 17.0. The molecule has 0 aromatic rings. The average Bonchev–Trinajstić information content (AvgIpc) is 2.32. The number of hydrogen-bond donors (Lipinski definition) is 0. The van der Waals surface area contributed by atoms with E-state index in [2.05, 4.69) is 12.2 Å². The molecule has 0 saturated heterocycles. The fourth-order valence-corrected chi connectivity index (χ4v) is 2.10. The van der Waals surface area contributed by atoms with E-state index in [1.165, 1.54) is 44.9 Å². The van der Waals surface area contributed by atoms with Crippen LogP contribution < -0.4 is 0 Å². The summed E-state index contributed by atoms with van der Waals surface area (Å²) in [7, 11) is 0. The van der Waals surface area contributed by atoms with Crippen molar-refractivity contribution in [3.63, 3.8) is 0 Å². The summed E-state index contributed by atoms with van der Waals surface area (Å²) in [5, 5.41) is 0. The summed E-state index contributed by atoms with van der Waals surface area (Å²) in [4.78, 5) is 11.3. The molecular formula is C15H26O2. The molecule has 1 aliphatic rings. The summed E-state index contributed by atoms with van der Waals surface area (Å²) < 4.78 is 5.19. The van der Waals surface area contributed by atoms with E-state index in [4.69, 9.17) is 4.74 Å². The lowest BCUT2D eigenvalue weighted by Crippen LogP contribution is -2.05. The third-order valence-corrected chi connectivity index (χ3v) is 3.20. The molecule has 0 aromatic carbocycles. The van der Waals surface area contributed by atoms with Gasteiger partial charge in [0.25, 0.3) is 0 Å². The van der Waals surface area contributed by atoms with E-state index >= 15 is 0 Å². The van der Waals surface area contributed by atoms with Crippen LogP contribution in [-0.2, 0) is 9.53 Å². The van der Waals surface area contributed by atoms with Crippen LogP contribution in [0.25, 0.3) is 0 Å². The molecule has 1 aliphatic heterocycles. The van der Waals surface area contributed by atoms with Crippen molar-refractivity contribution in [2.45, 2.75) is 70.6 Å². The minimum absolute atomic E-state index is 0.00279. The molecule has 0 aromatic heterocycles. The molecule has 17 heavy (non-hydrogen) atoms. The Morgan fingerprint density at radius 2 is 1.35 bits per heavy atom. The Morgan fingerprint density at radius 3 is 2.12 bits per heavy atom. The van der Waals surface area contributed by atoms with Crippen LogP contribution >= 0.6 is 0 Å². The Hall–Kier alpha value is -0.790. The second kappa shape index (κ2) is 10.4. The van der Waals surface area contributed by atoms with Gasteiger partial charge >= 0.3 is 5.97 Å². The van der Waals surface area contributed by atoms with E-state index in [0.717, 1.165) is 19.3 Å². The minimum Gasteiger partial charge on any atom is -0.466 e. The first-order valence-electron chi connectivity index (χ1n) is 7.20. The predicted octanol–water partition coefficient (Wildman–Crippen LogP) is 4.39. The number of carbonyl (C=O) groups is 1. The Labute approximate surface area is 105 Å². The molecule has 0 fully saturated rings.